The molecule has 2 rings (SSSR count). The van der Waals surface area contributed by atoms with Crippen LogP contribution >= 0.6 is 11.8 Å². The van der Waals surface area contributed by atoms with Crippen LogP contribution in [0.25, 0.3) is 0 Å². The molecule has 0 bridgehead atoms. The summed E-state index contributed by atoms with van der Waals surface area (Å²) in [7, 11) is 0. The lowest BCUT2D eigenvalue weighted by atomic mass is 10.2. The second kappa shape index (κ2) is 5.09. The van der Waals surface area contributed by atoms with Gasteiger partial charge < -0.3 is 5.73 Å². The Balaban J connectivity index is 2.11. The molecule has 16 heavy (non-hydrogen) atoms. The van der Waals surface area contributed by atoms with Crippen LogP contribution < -0.4 is 5.73 Å². The molecule has 0 aliphatic carbocycles. The maximum atomic E-state index is 5.76. The van der Waals surface area contributed by atoms with Gasteiger partial charge in [-0.1, -0.05) is 23.9 Å². The van der Waals surface area contributed by atoms with Gasteiger partial charge in [-0.05, 0) is 30.7 Å². The Hall–Kier alpha value is -1.39. The van der Waals surface area contributed by atoms with Crippen LogP contribution in [-0.4, -0.2) is 9.97 Å². The number of nitrogens with zero attached hydrogens (tertiary/aromatic N) is 2. The van der Waals surface area contributed by atoms with Crippen LogP contribution in [0.4, 0.5) is 0 Å². The van der Waals surface area contributed by atoms with Gasteiger partial charge in [0.2, 0.25) is 0 Å². The van der Waals surface area contributed by atoms with Gasteiger partial charge in [-0.25, -0.2) is 9.97 Å². The van der Waals surface area contributed by atoms with Gasteiger partial charge in [0.1, 0.15) is 10.1 Å². The highest BCUT2D eigenvalue weighted by Crippen LogP contribution is 2.24. The standard InChI is InChI=1S/C12H13N3S/c1-9(13)10-5-6-12(15-8-10)16-11-4-2-3-7-14-11/h2-9H,13H2,1H3. The molecule has 2 aromatic heterocycles. The highest BCUT2D eigenvalue weighted by atomic mass is 32.2. The van der Waals surface area contributed by atoms with Crippen LogP contribution in [0.1, 0.15) is 18.5 Å². The van der Waals surface area contributed by atoms with E-state index in [-0.39, 0.29) is 6.04 Å². The third kappa shape index (κ3) is 2.81. The Morgan fingerprint density at radius 2 is 1.94 bits per heavy atom. The van der Waals surface area contributed by atoms with Crippen molar-refractivity contribution in [3.63, 3.8) is 0 Å². The van der Waals surface area contributed by atoms with E-state index in [1.165, 1.54) is 0 Å². The van der Waals surface area contributed by atoms with E-state index in [2.05, 4.69) is 9.97 Å². The zero-order chi connectivity index (χ0) is 11.4. The monoisotopic (exact) mass is 231 g/mol. The average molecular weight is 231 g/mol. The normalized spacial score (nSPS) is 12.4. The molecule has 1 unspecified atom stereocenters. The molecular weight excluding hydrogens is 218 g/mol. The Bertz CT molecular complexity index is 440. The smallest absolute Gasteiger partial charge is 0.102 e. The molecule has 0 saturated heterocycles. The van der Waals surface area contributed by atoms with Gasteiger partial charge in [-0.15, -0.1) is 0 Å². The third-order valence-electron chi connectivity index (χ3n) is 2.13. The number of aromatic nitrogens is 2. The quantitative estimate of drug-likeness (QED) is 0.882. The number of hydrogen-bond donors (Lipinski definition) is 1. The minimum Gasteiger partial charge on any atom is -0.324 e. The summed E-state index contributed by atoms with van der Waals surface area (Å²) in [6.45, 7) is 1.95. The first kappa shape index (κ1) is 11.1. The zero-order valence-corrected chi connectivity index (χ0v) is 9.82. The Morgan fingerprint density at radius 3 is 2.50 bits per heavy atom. The van der Waals surface area contributed by atoms with Gasteiger partial charge in [0, 0.05) is 18.4 Å². The molecule has 4 heteroatoms. The van der Waals surface area contributed by atoms with Crippen molar-refractivity contribution in [2.75, 3.05) is 0 Å². The van der Waals surface area contributed by atoms with Crippen LogP contribution in [0.5, 0.6) is 0 Å². The lowest BCUT2D eigenvalue weighted by Gasteiger charge is -2.05. The van der Waals surface area contributed by atoms with Crippen molar-refractivity contribution in [2.45, 2.75) is 23.0 Å². The Labute approximate surface area is 99.1 Å². The Kier molecular flexibility index (Phi) is 3.54. The van der Waals surface area contributed by atoms with Crippen LogP contribution in [-0.2, 0) is 0 Å². The summed E-state index contributed by atoms with van der Waals surface area (Å²) in [6, 6.07) is 9.83. The summed E-state index contributed by atoms with van der Waals surface area (Å²) >= 11 is 1.54. The first-order valence-electron chi connectivity index (χ1n) is 5.06. The molecule has 3 nitrogen and oxygen atoms in total. The minimum atomic E-state index is 0.0291. The summed E-state index contributed by atoms with van der Waals surface area (Å²) in [5.74, 6) is 0. The summed E-state index contributed by atoms with van der Waals surface area (Å²) in [5.41, 5.74) is 6.80. The second-order valence-corrected chi connectivity index (χ2v) is 4.53. The van der Waals surface area contributed by atoms with E-state index < -0.39 is 0 Å². The molecule has 0 fully saturated rings. The highest BCUT2D eigenvalue weighted by Gasteiger charge is 2.02. The molecule has 82 valence electrons. The van der Waals surface area contributed by atoms with Crippen molar-refractivity contribution in [1.82, 2.24) is 9.97 Å². The van der Waals surface area contributed by atoms with E-state index in [1.807, 2.05) is 43.5 Å². The van der Waals surface area contributed by atoms with E-state index in [0.717, 1.165) is 15.6 Å². The van der Waals surface area contributed by atoms with Crippen LogP contribution in [0.2, 0.25) is 0 Å². The largest absolute Gasteiger partial charge is 0.324 e. The second-order valence-electron chi connectivity index (χ2n) is 3.49. The first-order chi connectivity index (χ1) is 7.75. The maximum absolute atomic E-state index is 5.76. The van der Waals surface area contributed by atoms with E-state index in [0.29, 0.717) is 0 Å². The minimum absolute atomic E-state index is 0.0291. The molecule has 0 aliphatic heterocycles. The zero-order valence-electron chi connectivity index (χ0n) is 9.00. The van der Waals surface area contributed by atoms with Crippen molar-refractivity contribution in [1.29, 1.82) is 0 Å². The molecule has 1 atom stereocenters. The fraction of sp³-hybridized carbons (Fsp3) is 0.167. The van der Waals surface area contributed by atoms with Gasteiger partial charge in [0.15, 0.2) is 0 Å². The number of rotatable bonds is 3. The molecular formula is C12H13N3S. The van der Waals surface area contributed by atoms with Gasteiger partial charge in [-0.3, -0.25) is 0 Å². The number of hydrogen-bond acceptors (Lipinski definition) is 4. The van der Waals surface area contributed by atoms with Gasteiger partial charge in [0.25, 0.3) is 0 Å². The maximum Gasteiger partial charge on any atom is 0.102 e. The van der Waals surface area contributed by atoms with E-state index in [1.54, 1.807) is 18.0 Å². The fourth-order valence-electron chi connectivity index (χ4n) is 1.24. The van der Waals surface area contributed by atoms with Gasteiger partial charge >= 0.3 is 0 Å². The number of pyridine rings is 2. The number of nitrogens with two attached hydrogens (primary N) is 1. The van der Waals surface area contributed by atoms with Crippen molar-refractivity contribution >= 4 is 11.8 Å². The summed E-state index contributed by atoms with van der Waals surface area (Å²) < 4.78 is 0. The molecule has 2 N–H and O–H groups in total. The first-order valence-corrected chi connectivity index (χ1v) is 5.88. The molecule has 0 radical (unpaired) electrons. The van der Waals surface area contributed by atoms with E-state index >= 15 is 0 Å². The average Bonchev–Trinajstić information content (AvgIpc) is 2.31. The SMILES string of the molecule is CC(N)c1ccc(Sc2ccccn2)nc1. The van der Waals surface area contributed by atoms with Gasteiger partial charge in [0.05, 0.1) is 0 Å². The van der Waals surface area contributed by atoms with Crippen LogP contribution in [0.3, 0.4) is 0 Å². The predicted octanol–water partition coefficient (Wildman–Crippen LogP) is 2.65. The highest BCUT2D eigenvalue weighted by molar-refractivity contribution is 7.99. The molecule has 2 aromatic rings. The van der Waals surface area contributed by atoms with Crippen molar-refractivity contribution in [3.05, 3.63) is 48.3 Å². The van der Waals surface area contributed by atoms with Crippen LogP contribution in [0.15, 0.2) is 52.8 Å². The molecule has 0 aromatic carbocycles. The molecule has 0 amide bonds. The van der Waals surface area contributed by atoms with E-state index in [4.69, 9.17) is 5.73 Å². The summed E-state index contributed by atoms with van der Waals surface area (Å²) in [5, 5.41) is 1.88. The third-order valence-corrected chi connectivity index (χ3v) is 3.03. The summed E-state index contributed by atoms with van der Waals surface area (Å²) in [4.78, 5) is 8.57. The van der Waals surface area contributed by atoms with Crippen molar-refractivity contribution in [2.24, 2.45) is 5.73 Å². The lowest BCUT2D eigenvalue weighted by molar-refractivity contribution is 0.806. The summed E-state index contributed by atoms with van der Waals surface area (Å²) in [6.07, 6.45) is 3.59. The van der Waals surface area contributed by atoms with Crippen LogP contribution in [0, 0.1) is 0 Å². The fourth-order valence-corrected chi connectivity index (χ4v) is 1.95. The van der Waals surface area contributed by atoms with Crippen molar-refractivity contribution < 1.29 is 0 Å². The van der Waals surface area contributed by atoms with Gasteiger partial charge in [-0.2, -0.15) is 0 Å². The molecule has 0 saturated carbocycles. The lowest BCUT2D eigenvalue weighted by Crippen LogP contribution is -2.04. The topological polar surface area (TPSA) is 51.8 Å². The predicted molar refractivity (Wildman–Crippen MR) is 65.2 cm³/mol. The van der Waals surface area contributed by atoms with Crippen molar-refractivity contribution in [3.8, 4) is 0 Å². The molecule has 0 aliphatic rings. The Morgan fingerprint density at radius 1 is 1.12 bits per heavy atom. The van der Waals surface area contributed by atoms with E-state index in [9.17, 15) is 0 Å². The molecule has 0 spiro atoms. The molecule has 2 heterocycles.